The number of ether oxygens (including phenoxy) is 1. The highest BCUT2D eigenvalue weighted by Gasteiger charge is 2.25. The molecule has 4 rings (SSSR count). The number of methoxy groups -OCH3 is 1. The van der Waals surface area contributed by atoms with Gasteiger partial charge in [-0.3, -0.25) is 0 Å². The van der Waals surface area contributed by atoms with Gasteiger partial charge in [0.05, 0.1) is 19.3 Å². The third kappa shape index (κ3) is 3.64. The van der Waals surface area contributed by atoms with Crippen LogP contribution in [0.1, 0.15) is 5.56 Å². The molecule has 1 aromatic carbocycles. The van der Waals surface area contributed by atoms with Crippen LogP contribution >= 0.6 is 11.3 Å². The quantitative estimate of drug-likeness (QED) is 0.466. The van der Waals surface area contributed by atoms with Gasteiger partial charge in [-0.1, -0.05) is 18.2 Å². The van der Waals surface area contributed by atoms with Crippen molar-refractivity contribution in [3.63, 3.8) is 0 Å². The number of rotatable bonds is 6. The van der Waals surface area contributed by atoms with Gasteiger partial charge in [0.2, 0.25) is 0 Å². The maximum absolute atomic E-state index is 12.4. The second-order valence-corrected chi connectivity index (χ2v) is 9.15. The number of benzene rings is 1. The minimum Gasteiger partial charge on any atom is -0.496 e. The van der Waals surface area contributed by atoms with E-state index in [1.165, 1.54) is 10.1 Å². The number of hydrogen-bond acceptors (Lipinski definition) is 7. The summed E-state index contributed by atoms with van der Waals surface area (Å²) in [7, 11) is -1.94. The number of hydrogen-bond donors (Lipinski definition) is 0. The number of nitrogens with zero attached hydrogens (tertiary/aromatic N) is 3. The van der Waals surface area contributed by atoms with E-state index in [2.05, 4.69) is 5.10 Å². The standard InChI is InChI=1S/C19H17N3O5S2/c1-26-14-8-4-3-7-13(14)11-22-19(23)27-18(20-22)17-16(21-9-5-6-10-21)15(12-28-17)29(2,24)25/h3-10,12H,11H2,1-2H3. The van der Waals surface area contributed by atoms with E-state index in [1.54, 1.807) is 42.3 Å². The SMILES string of the molecule is COc1ccccc1Cn1nc(-c2scc(S(C)(=O)=O)c2-n2cccc2)oc1=O. The lowest BCUT2D eigenvalue weighted by molar-refractivity contribution is 0.405. The van der Waals surface area contributed by atoms with Gasteiger partial charge in [0.1, 0.15) is 15.5 Å². The minimum absolute atomic E-state index is 0.0634. The molecule has 0 aliphatic rings. The average Bonchev–Trinajstić information content (AvgIpc) is 3.41. The first-order valence-corrected chi connectivity index (χ1v) is 11.3. The Bertz CT molecular complexity index is 1310. The molecule has 0 amide bonds. The zero-order valence-electron chi connectivity index (χ0n) is 15.6. The molecule has 3 heterocycles. The Kier molecular flexibility index (Phi) is 4.89. The highest BCUT2D eigenvalue weighted by atomic mass is 32.2. The third-order valence-corrected chi connectivity index (χ3v) is 6.52. The molecule has 0 bridgehead atoms. The van der Waals surface area contributed by atoms with E-state index < -0.39 is 15.6 Å². The molecular weight excluding hydrogens is 414 g/mol. The molecule has 0 saturated carbocycles. The van der Waals surface area contributed by atoms with E-state index in [1.807, 2.05) is 18.2 Å². The van der Waals surface area contributed by atoms with E-state index in [9.17, 15) is 13.2 Å². The summed E-state index contributed by atoms with van der Waals surface area (Å²) < 4.78 is 38.0. The smallest absolute Gasteiger partial charge is 0.437 e. The van der Waals surface area contributed by atoms with Crippen molar-refractivity contribution in [3.8, 4) is 22.2 Å². The summed E-state index contributed by atoms with van der Waals surface area (Å²) >= 11 is 1.16. The van der Waals surface area contributed by atoms with Crippen molar-refractivity contribution in [2.45, 2.75) is 11.4 Å². The Morgan fingerprint density at radius 1 is 1.17 bits per heavy atom. The summed E-state index contributed by atoms with van der Waals surface area (Å²) in [6, 6.07) is 10.9. The van der Waals surface area contributed by atoms with E-state index >= 15 is 0 Å². The van der Waals surface area contributed by atoms with Crippen LogP contribution in [0.3, 0.4) is 0 Å². The Hall–Kier alpha value is -3.11. The molecule has 0 radical (unpaired) electrons. The highest BCUT2D eigenvalue weighted by Crippen LogP contribution is 2.37. The largest absolute Gasteiger partial charge is 0.496 e. The van der Waals surface area contributed by atoms with Gasteiger partial charge < -0.3 is 13.7 Å². The fraction of sp³-hybridized carbons (Fsp3) is 0.158. The van der Waals surface area contributed by atoms with Crippen LogP contribution in [-0.2, 0) is 16.4 Å². The molecule has 0 atom stereocenters. The fourth-order valence-corrected chi connectivity index (χ4v) is 5.29. The predicted octanol–water partition coefficient (Wildman–Crippen LogP) is 2.82. The van der Waals surface area contributed by atoms with Crippen LogP contribution in [0.15, 0.2) is 68.3 Å². The molecule has 10 heteroatoms. The summed E-state index contributed by atoms with van der Waals surface area (Å²) in [5.41, 5.74) is 1.18. The molecule has 0 unspecified atom stereocenters. The monoisotopic (exact) mass is 431 g/mol. The number of sulfone groups is 1. The van der Waals surface area contributed by atoms with Crippen LogP contribution < -0.4 is 10.5 Å². The lowest BCUT2D eigenvalue weighted by Crippen LogP contribution is -2.16. The second kappa shape index (κ2) is 7.37. The van der Waals surface area contributed by atoms with Gasteiger partial charge in [0.15, 0.2) is 9.84 Å². The van der Waals surface area contributed by atoms with Crippen LogP contribution in [0, 0.1) is 0 Å². The van der Waals surface area contributed by atoms with Crippen LogP contribution in [-0.4, -0.2) is 36.1 Å². The van der Waals surface area contributed by atoms with E-state index in [-0.39, 0.29) is 17.3 Å². The van der Waals surface area contributed by atoms with Gasteiger partial charge in [0, 0.05) is 29.6 Å². The summed E-state index contributed by atoms with van der Waals surface area (Å²) in [6.45, 7) is 0.162. The average molecular weight is 431 g/mol. The van der Waals surface area contributed by atoms with Gasteiger partial charge in [-0.25, -0.2) is 13.2 Å². The second-order valence-electron chi connectivity index (χ2n) is 6.28. The first-order chi connectivity index (χ1) is 13.9. The van der Waals surface area contributed by atoms with Gasteiger partial charge in [-0.15, -0.1) is 16.4 Å². The molecule has 3 aromatic heterocycles. The van der Waals surface area contributed by atoms with Crippen molar-refractivity contribution in [1.29, 1.82) is 0 Å². The number of thiophene rings is 1. The molecule has 150 valence electrons. The maximum Gasteiger partial charge on any atom is 0.437 e. The van der Waals surface area contributed by atoms with Gasteiger partial charge in [-0.2, -0.15) is 4.68 Å². The minimum atomic E-state index is -3.49. The van der Waals surface area contributed by atoms with E-state index in [0.29, 0.717) is 16.3 Å². The zero-order chi connectivity index (χ0) is 20.6. The summed E-state index contributed by atoms with van der Waals surface area (Å²) in [5, 5.41) is 5.83. The van der Waals surface area contributed by atoms with Gasteiger partial charge in [-0.05, 0) is 18.2 Å². The van der Waals surface area contributed by atoms with Crippen LogP contribution in [0.2, 0.25) is 0 Å². The molecule has 8 nitrogen and oxygen atoms in total. The lowest BCUT2D eigenvalue weighted by atomic mass is 10.2. The number of aromatic nitrogens is 3. The summed E-state index contributed by atoms with van der Waals surface area (Å²) in [5.74, 6) is 0.0552. The van der Waals surface area contributed by atoms with Crippen molar-refractivity contribution >= 4 is 21.2 Å². The van der Waals surface area contributed by atoms with Crippen LogP contribution in [0.5, 0.6) is 5.75 Å². The van der Waals surface area contributed by atoms with Crippen molar-refractivity contribution in [2.24, 2.45) is 0 Å². The highest BCUT2D eigenvalue weighted by molar-refractivity contribution is 7.91. The molecule has 4 aromatic rings. The first-order valence-electron chi connectivity index (χ1n) is 8.53. The maximum atomic E-state index is 12.4. The van der Waals surface area contributed by atoms with Gasteiger partial charge >= 0.3 is 5.76 Å². The molecule has 0 saturated heterocycles. The van der Waals surface area contributed by atoms with Crippen molar-refractivity contribution in [1.82, 2.24) is 14.3 Å². The summed E-state index contributed by atoms with van der Waals surface area (Å²) in [4.78, 5) is 13.0. The Balaban J connectivity index is 1.81. The van der Waals surface area contributed by atoms with E-state index in [0.717, 1.165) is 23.2 Å². The molecular formula is C19H17N3O5S2. The molecule has 0 spiro atoms. The normalized spacial score (nSPS) is 11.7. The zero-order valence-corrected chi connectivity index (χ0v) is 17.2. The summed E-state index contributed by atoms with van der Waals surface area (Å²) in [6.07, 6.45) is 4.59. The van der Waals surface area contributed by atoms with Crippen LogP contribution in [0.25, 0.3) is 16.5 Å². The predicted molar refractivity (Wildman–Crippen MR) is 109 cm³/mol. The van der Waals surface area contributed by atoms with E-state index in [4.69, 9.17) is 9.15 Å². The molecule has 0 fully saturated rings. The lowest BCUT2D eigenvalue weighted by Gasteiger charge is -2.07. The molecule has 0 aliphatic heterocycles. The Labute approximate surface area is 170 Å². The molecule has 0 aliphatic carbocycles. The Morgan fingerprint density at radius 2 is 1.90 bits per heavy atom. The molecule has 29 heavy (non-hydrogen) atoms. The van der Waals surface area contributed by atoms with Gasteiger partial charge in [0.25, 0.3) is 5.89 Å². The molecule has 0 N–H and O–H groups in total. The van der Waals surface area contributed by atoms with Crippen LogP contribution in [0.4, 0.5) is 0 Å². The number of para-hydroxylation sites is 1. The van der Waals surface area contributed by atoms with Crippen molar-refractivity contribution in [3.05, 3.63) is 70.3 Å². The third-order valence-electron chi connectivity index (χ3n) is 4.31. The fourth-order valence-electron chi connectivity index (χ4n) is 2.97. The van der Waals surface area contributed by atoms with Crippen molar-refractivity contribution in [2.75, 3.05) is 13.4 Å². The topological polar surface area (TPSA) is 96.3 Å². The Morgan fingerprint density at radius 3 is 2.59 bits per heavy atom. The first kappa shape index (κ1) is 19.2. The van der Waals surface area contributed by atoms with Crippen molar-refractivity contribution < 1.29 is 17.6 Å².